The molecule has 1 atom stereocenters. The van der Waals surface area contributed by atoms with E-state index in [1.54, 1.807) is 0 Å². The Kier molecular flexibility index (Phi) is 4.90. The Morgan fingerprint density at radius 1 is 1.43 bits per heavy atom. The van der Waals surface area contributed by atoms with Crippen LogP contribution in [0.5, 0.6) is 0 Å². The maximum atomic E-state index is 8.72. The molecule has 1 saturated carbocycles. The van der Waals surface area contributed by atoms with E-state index in [1.165, 1.54) is 32.2 Å². The van der Waals surface area contributed by atoms with Gasteiger partial charge in [-0.15, -0.1) is 0 Å². The lowest BCUT2D eigenvalue weighted by molar-refractivity contribution is 0.119. The lowest BCUT2D eigenvalue weighted by atomic mass is 9.67. The molecule has 0 bridgehead atoms. The maximum absolute atomic E-state index is 8.72. The van der Waals surface area contributed by atoms with Crippen molar-refractivity contribution in [1.82, 2.24) is 5.32 Å². The monoisotopic (exact) mass is 199 g/mol. The zero-order chi connectivity index (χ0) is 10.4. The number of hydrogen-bond acceptors (Lipinski definition) is 2. The van der Waals surface area contributed by atoms with Crippen LogP contribution in [0.15, 0.2) is 0 Å². The molecule has 0 amide bonds. The minimum absolute atomic E-state index is 0.324. The van der Waals surface area contributed by atoms with Crippen LogP contribution in [0.2, 0.25) is 0 Å². The summed E-state index contributed by atoms with van der Waals surface area (Å²) in [6.07, 6.45) is 7.56. The second-order valence-corrected chi connectivity index (χ2v) is 4.85. The van der Waals surface area contributed by atoms with Crippen molar-refractivity contribution in [3.05, 3.63) is 0 Å². The molecule has 2 heteroatoms. The highest BCUT2D eigenvalue weighted by Gasteiger charge is 2.34. The van der Waals surface area contributed by atoms with Gasteiger partial charge in [-0.1, -0.05) is 13.3 Å². The standard InChI is InChI=1S/C12H25NO/c1-3-12(7-5-8-12)10-13-11(2)6-4-9-14/h11,13-14H,3-10H2,1-2H3. The fourth-order valence-corrected chi connectivity index (χ4v) is 2.22. The van der Waals surface area contributed by atoms with Crippen molar-refractivity contribution in [2.24, 2.45) is 5.41 Å². The minimum atomic E-state index is 0.324. The van der Waals surface area contributed by atoms with Crippen molar-refractivity contribution < 1.29 is 5.11 Å². The third-order valence-electron chi connectivity index (χ3n) is 3.78. The first-order chi connectivity index (χ1) is 6.72. The van der Waals surface area contributed by atoms with Gasteiger partial charge in [0.25, 0.3) is 0 Å². The first kappa shape index (κ1) is 12.0. The fraction of sp³-hybridized carbons (Fsp3) is 1.00. The van der Waals surface area contributed by atoms with Gasteiger partial charge in [0.1, 0.15) is 0 Å². The van der Waals surface area contributed by atoms with Crippen molar-refractivity contribution >= 4 is 0 Å². The third-order valence-corrected chi connectivity index (χ3v) is 3.78. The van der Waals surface area contributed by atoms with Gasteiger partial charge in [0.2, 0.25) is 0 Å². The van der Waals surface area contributed by atoms with Crippen LogP contribution in [0.25, 0.3) is 0 Å². The fourth-order valence-electron chi connectivity index (χ4n) is 2.22. The van der Waals surface area contributed by atoms with Crippen molar-refractivity contribution in [2.75, 3.05) is 13.2 Å². The summed E-state index contributed by atoms with van der Waals surface area (Å²) in [6.45, 7) is 6.03. The van der Waals surface area contributed by atoms with Crippen LogP contribution >= 0.6 is 0 Å². The lowest BCUT2D eigenvalue weighted by Gasteiger charge is -2.42. The first-order valence-corrected chi connectivity index (χ1v) is 6.07. The van der Waals surface area contributed by atoms with Crippen molar-refractivity contribution in [3.8, 4) is 0 Å². The summed E-state index contributed by atoms with van der Waals surface area (Å²) in [6, 6.07) is 0.561. The van der Waals surface area contributed by atoms with Crippen LogP contribution in [-0.4, -0.2) is 24.3 Å². The van der Waals surface area contributed by atoms with Gasteiger partial charge in [0, 0.05) is 19.2 Å². The number of aliphatic hydroxyl groups excluding tert-OH is 1. The molecule has 0 aromatic carbocycles. The van der Waals surface area contributed by atoms with Gasteiger partial charge < -0.3 is 10.4 Å². The average Bonchev–Trinajstić information content (AvgIpc) is 2.14. The van der Waals surface area contributed by atoms with E-state index in [9.17, 15) is 0 Å². The van der Waals surface area contributed by atoms with Gasteiger partial charge >= 0.3 is 0 Å². The molecule has 1 aliphatic carbocycles. The summed E-state index contributed by atoms with van der Waals surface area (Å²) in [5.41, 5.74) is 0.619. The molecule has 1 aliphatic rings. The van der Waals surface area contributed by atoms with Crippen molar-refractivity contribution in [1.29, 1.82) is 0 Å². The SMILES string of the molecule is CCC1(CNC(C)CCCO)CCC1. The Morgan fingerprint density at radius 3 is 2.57 bits per heavy atom. The lowest BCUT2D eigenvalue weighted by Crippen LogP contribution is -2.42. The molecule has 0 radical (unpaired) electrons. The topological polar surface area (TPSA) is 32.3 Å². The van der Waals surface area contributed by atoms with Gasteiger partial charge in [-0.05, 0) is 44.4 Å². The summed E-state index contributed by atoms with van der Waals surface area (Å²) in [5.74, 6) is 0. The molecule has 0 aromatic rings. The first-order valence-electron chi connectivity index (χ1n) is 6.07. The van der Waals surface area contributed by atoms with E-state index in [-0.39, 0.29) is 0 Å². The summed E-state index contributed by atoms with van der Waals surface area (Å²) in [5, 5.41) is 12.3. The highest BCUT2D eigenvalue weighted by molar-refractivity contribution is 4.88. The smallest absolute Gasteiger partial charge is 0.0431 e. The second-order valence-electron chi connectivity index (χ2n) is 4.85. The Morgan fingerprint density at radius 2 is 2.14 bits per heavy atom. The number of aliphatic hydroxyl groups is 1. The van der Waals surface area contributed by atoms with Gasteiger partial charge in [0.05, 0.1) is 0 Å². The predicted octanol–water partition coefficient (Wildman–Crippen LogP) is 2.32. The molecule has 0 heterocycles. The molecule has 0 aromatic heterocycles. The third kappa shape index (κ3) is 3.25. The van der Waals surface area contributed by atoms with Crippen molar-refractivity contribution in [2.45, 2.75) is 58.4 Å². The van der Waals surface area contributed by atoms with Gasteiger partial charge in [-0.2, -0.15) is 0 Å². The normalized spacial score (nSPS) is 21.6. The van der Waals surface area contributed by atoms with E-state index in [1.807, 2.05) is 0 Å². The number of rotatable bonds is 7. The van der Waals surface area contributed by atoms with E-state index in [4.69, 9.17) is 5.11 Å². The molecule has 1 rings (SSSR count). The molecule has 2 nitrogen and oxygen atoms in total. The summed E-state index contributed by atoms with van der Waals surface area (Å²) < 4.78 is 0. The van der Waals surface area contributed by atoms with Crippen LogP contribution in [0.4, 0.5) is 0 Å². The Hall–Kier alpha value is -0.0800. The molecule has 0 spiro atoms. The predicted molar refractivity (Wildman–Crippen MR) is 60.4 cm³/mol. The summed E-state index contributed by atoms with van der Waals surface area (Å²) in [7, 11) is 0. The molecule has 0 aliphatic heterocycles. The highest BCUT2D eigenvalue weighted by Crippen LogP contribution is 2.43. The largest absolute Gasteiger partial charge is 0.396 e. The Labute approximate surface area is 88.1 Å². The molecule has 14 heavy (non-hydrogen) atoms. The van der Waals surface area contributed by atoms with E-state index in [0.29, 0.717) is 18.1 Å². The average molecular weight is 199 g/mol. The van der Waals surface area contributed by atoms with Crippen LogP contribution in [0.1, 0.15) is 52.4 Å². The van der Waals surface area contributed by atoms with Crippen molar-refractivity contribution in [3.63, 3.8) is 0 Å². The zero-order valence-electron chi connectivity index (χ0n) is 9.68. The summed E-state index contributed by atoms with van der Waals surface area (Å²) >= 11 is 0. The molecule has 1 unspecified atom stereocenters. The van der Waals surface area contributed by atoms with Gasteiger partial charge in [-0.3, -0.25) is 0 Å². The number of nitrogens with one attached hydrogen (secondary N) is 1. The quantitative estimate of drug-likeness (QED) is 0.659. The highest BCUT2D eigenvalue weighted by atomic mass is 16.2. The molecular formula is C12H25NO. The maximum Gasteiger partial charge on any atom is 0.0431 e. The zero-order valence-corrected chi connectivity index (χ0v) is 9.68. The molecule has 0 saturated heterocycles. The molecule has 84 valence electrons. The van der Waals surface area contributed by atoms with E-state index < -0.39 is 0 Å². The van der Waals surface area contributed by atoms with Crippen LogP contribution < -0.4 is 5.32 Å². The molecule has 2 N–H and O–H groups in total. The van der Waals surface area contributed by atoms with Crippen LogP contribution in [0.3, 0.4) is 0 Å². The van der Waals surface area contributed by atoms with Gasteiger partial charge in [0.15, 0.2) is 0 Å². The van der Waals surface area contributed by atoms with E-state index >= 15 is 0 Å². The van der Waals surface area contributed by atoms with Crippen LogP contribution in [0, 0.1) is 5.41 Å². The minimum Gasteiger partial charge on any atom is -0.396 e. The van der Waals surface area contributed by atoms with Crippen LogP contribution in [-0.2, 0) is 0 Å². The van der Waals surface area contributed by atoms with E-state index in [0.717, 1.165) is 12.8 Å². The second kappa shape index (κ2) is 5.72. The number of hydrogen-bond donors (Lipinski definition) is 2. The summed E-state index contributed by atoms with van der Waals surface area (Å²) in [4.78, 5) is 0. The molecular weight excluding hydrogens is 174 g/mol. The Bertz CT molecular complexity index is 149. The Balaban J connectivity index is 2.12. The molecule has 1 fully saturated rings. The van der Waals surface area contributed by atoms with Gasteiger partial charge in [-0.25, -0.2) is 0 Å². The van der Waals surface area contributed by atoms with E-state index in [2.05, 4.69) is 19.2 Å².